The zero-order valence-corrected chi connectivity index (χ0v) is 9.89. The summed E-state index contributed by atoms with van der Waals surface area (Å²) in [4.78, 5) is 0. The average Bonchev–Trinajstić information content (AvgIpc) is 2.24. The molecule has 82 valence electrons. The van der Waals surface area contributed by atoms with Crippen molar-refractivity contribution in [1.82, 2.24) is 0 Å². The molecule has 0 saturated heterocycles. The van der Waals surface area contributed by atoms with Crippen molar-refractivity contribution >= 4 is 11.4 Å². The lowest BCUT2D eigenvalue weighted by Gasteiger charge is -2.37. The van der Waals surface area contributed by atoms with E-state index >= 15 is 0 Å². The topological polar surface area (TPSA) is 73.7 Å². The number of hydrogen-bond donors (Lipinski definition) is 3. The van der Waals surface area contributed by atoms with E-state index in [0.29, 0.717) is 23.3 Å². The average molecular weight is 197 g/mol. The van der Waals surface area contributed by atoms with Crippen molar-refractivity contribution in [3.63, 3.8) is 0 Å². The Hall–Kier alpha value is -0.700. The molecule has 0 amide bonds. The first-order chi connectivity index (χ1) is 6.46. The minimum absolute atomic E-state index is 0.267. The van der Waals surface area contributed by atoms with Crippen LogP contribution >= 0.6 is 0 Å². The molecule has 0 aliphatic heterocycles. The molecule has 0 aromatic heterocycles. The van der Waals surface area contributed by atoms with Gasteiger partial charge in [-0.05, 0) is 18.9 Å². The zero-order valence-electron chi connectivity index (χ0n) is 9.89. The van der Waals surface area contributed by atoms with Gasteiger partial charge in [0, 0.05) is 11.8 Å². The van der Waals surface area contributed by atoms with E-state index in [1.807, 2.05) is 0 Å². The van der Waals surface area contributed by atoms with Crippen molar-refractivity contribution in [2.45, 2.75) is 27.7 Å². The first kappa shape index (κ1) is 13.3. The number of nitrogens with two attached hydrogens (primary N) is 1. The molecule has 0 bridgehead atoms. The standard InChI is InChI=1S/C10H18N2.CH5N/c1-5-6(2)8(4)10(12)9(11)7(5)3;1-2/h5-8,11-12H,1-4H3;2H2,1H3. The van der Waals surface area contributed by atoms with Gasteiger partial charge in [0.1, 0.15) is 0 Å². The minimum Gasteiger partial charge on any atom is -0.333 e. The van der Waals surface area contributed by atoms with Gasteiger partial charge in [-0.15, -0.1) is 0 Å². The molecule has 4 unspecified atom stereocenters. The van der Waals surface area contributed by atoms with Crippen LogP contribution in [0.4, 0.5) is 0 Å². The second kappa shape index (κ2) is 5.25. The molecule has 0 heterocycles. The third-order valence-corrected chi connectivity index (χ3v) is 3.61. The van der Waals surface area contributed by atoms with Crippen LogP contribution in [0, 0.1) is 34.5 Å². The monoisotopic (exact) mass is 197 g/mol. The van der Waals surface area contributed by atoms with Crippen molar-refractivity contribution in [2.75, 3.05) is 7.05 Å². The van der Waals surface area contributed by atoms with Crippen LogP contribution in [0.5, 0.6) is 0 Å². The van der Waals surface area contributed by atoms with Gasteiger partial charge in [0.25, 0.3) is 0 Å². The molecule has 0 aromatic rings. The quantitative estimate of drug-likeness (QED) is 0.547. The van der Waals surface area contributed by atoms with Crippen LogP contribution in [0.3, 0.4) is 0 Å². The number of hydrogen-bond acceptors (Lipinski definition) is 3. The first-order valence-corrected chi connectivity index (χ1v) is 5.21. The van der Waals surface area contributed by atoms with E-state index in [0.717, 1.165) is 0 Å². The van der Waals surface area contributed by atoms with E-state index in [4.69, 9.17) is 10.8 Å². The Labute approximate surface area is 87.1 Å². The maximum absolute atomic E-state index is 7.73. The lowest BCUT2D eigenvalue weighted by molar-refractivity contribution is 0.277. The molecule has 14 heavy (non-hydrogen) atoms. The molecule has 0 aromatic carbocycles. The van der Waals surface area contributed by atoms with E-state index in [1.54, 1.807) is 0 Å². The summed E-state index contributed by atoms with van der Waals surface area (Å²) in [6.07, 6.45) is 0. The SMILES string of the molecule is CC1C(=N)C(=N)C(C)C(C)C1C.CN. The van der Waals surface area contributed by atoms with Gasteiger partial charge in [-0.2, -0.15) is 0 Å². The van der Waals surface area contributed by atoms with Gasteiger partial charge in [0.15, 0.2) is 0 Å². The molecular formula is C11H23N3. The van der Waals surface area contributed by atoms with Crippen LogP contribution < -0.4 is 5.73 Å². The Bertz CT molecular complexity index is 199. The molecule has 1 aliphatic rings. The fourth-order valence-electron chi connectivity index (χ4n) is 1.93. The van der Waals surface area contributed by atoms with Gasteiger partial charge < -0.3 is 16.6 Å². The fraction of sp³-hybridized carbons (Fsp3) is 0.818. The first-order valence-electron chi connectivity index (χ1n) is 5.21. The number of rotatable bonds is 0. The molecule has 1 aliphatic carbocycles. The Morgan fingerprint density at radius 1 is 0.786 bits per heavy atom. The minimum atomic E-state index is 0.267. The second-order valence-electron chi connectivity index (χ2n) is 4.12. The van der Waals surface area contributed by atoms with Crippen molar-refractivity contribution in [3.05, 3.63) is 0 Å². The predicted octanol–water partition coefficient (Wildman–Crippen LogP) is 2.16. The van der Waals surface area contributed by atoms with Crippen molar-refractivity contribution in [3.8, 4) is 0 Å². The summed E-state index contributed by atoms with van der Waals surface area (Å²) >= 11 is 0. The van der Waals surface area contributed by atoms with E-state index in [1.165, 1.54) is 7.05 Å². The molecule has 1 rings (SSSR count). The Balaban J connectivity index is 0.000000791. The molecule has 3 heteroatoms. The van der Waals surface area contributed by atoms with Gasteiger partial charge in [-0.1, -0.05) is 27.7 Å². The molecular weight excluding hydrogens is 174 g/mol. The largest absolute Gasteiger partial charge is 0.333 e. The summed E-state index contributed by atoms with van der Waals surface area (Å²) in [7, 11) is 1.50. The summed E-state index contributed by atoms with van der Waals surface area (Å²) in [6, 6.07) is 0. The predicted molar refractivity (Wildman–Crippen MR) is 62.2 cm³/mol. The molecule has 3 nitrogen and oxygen atoms in total. The third kappa shape index (κ3) is 2.21. The van der Waals surface area contributed by atoms with Gasteiger partial charge in [-0.3, -0.25) is 0 Å². The zero-order chi connectivity index (χ0) is 11.5. The molecule has 1 fully saturated rings. The summed E-state index contributed by atoms with van der Waals surface area (Å²) < 4.78 is 0. The Morgan fingerprint density at radius 3 is 1.21 bits per heavy atom. The summed E-state index contributed by atoms with van der Waals surface area (Å²) in [6.45, 7) is 8.49. The van der Waals surface area contributed by atoms with Crippen LogP contribution in [0.2, 0.25) is 0 Å². The highest BCUT2D eigenvalue weighted by atomic mass is 14.6. The molecule has 0 radical (unpaired) electrons. The summed E-state index contributed by atoms with van der Waals surface area (Å²) in [5.41, 5.74) is 5.60. The summed E-state index contributed by atoms with van der Waals surface area (Å²) in [5, 5.41) is 15.5. The van der Waals surface area contributed by atoms with Crippen LogP contribution in [0.15, 0.2) is 0 Å². The smallest absolute Gasteiger partial charge is 0.0555 e. The van der Waals surface area contributed by atoms with E-state index < -0.39 is 0 Å². The lowest BCUT2D eigenvalue weighted by atomic mass is 9.67. The molecule has 4 atom stereocenters. The van der Waals surface area contributed by atoms with Crippen LogP contribution in [0.25, 0.3) is 0 Å². The van der Waals surface area contributed by atoms with Gasteiger partial charge in [-0.25, -0.2) is 0 Å². The highest BCUT2D eigenvalue weighted by Gasteiger charge is 2.36. The van der Waals surface area contributed by atoms with E-state index in [9.17, 15) is 0 Å². The van der Waals surface area contributed by atoms with Crippen molar-refractivity contribution in [2.24, 2.45) is 29.4 Å². The summed E-state index contributed by atoms with van der Waals surface area (Å²) in [5.74, 6) is 1.62. The van der Waals surface area contributed by atoms with Gasteiger partial charge >= 0.3 is 0 Å². The third-order valence-electron chi connectivity index (χ3n) is 3.61. The highest BCUT2D eigenvalue weighted by Crippen LogP contribution is 2.34. The van der Waals surface area contributed by atoms with Crippen molar-refractivity contribution < 1.29 is 0 Å². The van der Waals surface area contributed by atoms with Gasteiger partial charge in [0.05, 0.1) is 11.4 Å². The number of nitrogens with one attached hydrogen (secondary N) is 2. The van der Waals surface area contributed by atoms with E-state index in [-0.39, 0.29) is 11.8 Å². The fourth-order valence-corrected chi connectivity index (χ4v) is 1.93. The van der Waals surface area contributed by atoms with Gasteiger partial charge in [0.2, 0.25) is 0 Å². The second-order valence-corrected chi connectivity index (χ2v) is 4.12. The van der Waals surface area contributed by atoms with Crippen molar-refractivity contribution in [1.29, 1.82) is 10.8 Å². The Kier molecular flexibility index (Phi) is 4.99. The molecule has 1 saturated carbocycles. The van der Waals surface area contributed by atoms with Crippen LogP contribution in [-0.2, 0) is 0 Å². The molecule has 0 spiro atoms. The molecule has 4 N–H and O–H groups in total. The maximum Gasteiger partial charge on any atom is 0.0555 e. The maximum atomic E-state index is 7.73. The van der Waals surface area contributed by atoms with E-state index in [2.05, 4.69) is 33.4 Å². The Morgan fingerprint density at radius 2 is 1.00 bits per heavy atom. The lowest BCUT2D eigenvalue weighted by Crippen LogP contribution is -2.42. The van der Waals surface area contributed by atoms with Crippen LogP contribution in [-0.4, -0.2) is 18.5 Å². The highest BCUT2D eigenvalue weighted by molar-refractivity contribution is 6.41. The van der Waals surface area contributed by atoms with Crippen LogP contribution in [0.1, 0.15) is 27.7 Å². The normalized spacial score (nSPS) is 37.6.